The molecule has 34 heavy (non-hydrogen) atoms. The highest BCUT2D eigenvalue weighted by molar-refractivity contribution is 7.18. The van der Waals surface area contributed by atoms with Crippen molar-refractivity contribution >= 4 is 39.1 Å². The molecule has 0 radical (unpaired) electrons. The van der Waals surface area contributed by atoms with Gasteiger partial charge in [-0.05, 0) is 43.9 Å². The Kier molecular flexibility index (Phi) is 6.74. The van der Waals surface area contributed by atoms with Crippen LogP contribution in [0.25, 0.3) is 10.2 Å². The first kappa shape index (κ1) is 23.9. The van der Waals surface area contributed by atoms with E-state index in [0.29, 0.717) is 17.0 Å². The van der Waals surface area contributed by atoms with Gasteiger partial charge >= 0.3 is 12.1 Å². The largest absolute Gasteiger partial charge is 0.494 e. The Morgan fingerprint density at radius 3 is 2.47 bits per heavy atom. The van der Waals surface area contributed by atoms with E-state index in [-0.39, 0.29) is 23.5 Å². The predicted molar refractivity (Wildman–Crippen MR) is 120 cm³/mol. The number of pyridine rings is 1. The van der Waals surface area contributed by atoms with Gasteiger partial charge in [-0.3, -0.25) is 9.59 Å². The molecule has 2 heterocycles. The second kappa shape index (κ2) is 9.57. The van der Waals surface area contributed by atoms with Gasteiger partial charge in [-0.1, -0.05) is 6.07 Å². The molecular weight excluding hydrogens is 471 g/mol. The van der Waals surface area contributed by atoms with Gasteiger partial charge in [-0.2, -0.15) is 13.2 Å². The molecule has 1 aliphatic carbocycles. The summed E-state index contributed by atoms with van der Waals surface area (Å²) < 4.78 is 49.9. The maximum atomic E-state index is 12.9. The quantitative estimate of drug-likeness (QED) is 0.478. The molecule has 11 heteroatoms. The van der Waals surface area contributed by atoms with Crippen molar-refractivity contribution in [3.05, 3.63) is 46.7 Å². The van der Waals surface area contributed by atoms with Crippen LogP contribution in [0.2, 0.25) is 0 Å². The fraction of sp³-hybridized carbons (Fsp3) is 0.391. The van der Waals surface area contributed by atoms with Crippen LogP contribution in [0, 0.1) is 5.92 Å². The third kappa shape index (κ3) is 4.98. The Balaban J connectivity index is 1.55. The van der Waals surface area contributed by atoms with Crippen molar-refractivity contribution in [1.29, 1.82) is 0 Å². The zero-order chi connectivity index (χ0) is 24.5. The van der Waals surface area contributed by atoms with E-state index in [2.05, 4.69) is 10.3 Å². The first-order valence-electron chi connectivity index (χ1n) is 10.6. The van der Waals surface area contributed by atoms with Gasteiger partial charge in [0.15, 0.2) is 0 Å². The second-order valence-electron chi connectivity index (χ2n) is 8.00. The van der Waals surface area contributed by atoms with Crippen molar-refractivity contribution in [2.24, 2.45) is 5.92 Å². The first-order valence-corrected chi connectivity index (χ1v) is 11.4. The van der Waals surface area contributed by atoms with E-state index in [1.165, 1.54) is 31.6 Å². The number of aromatic nitrogens is 2. The van der Waals surface area contributed by atoms with Gasteiger partial charge in [0.05, 0.1) is 41.0 Å². The predicted octanol–water partition coefficient (Wildman–Crippen LogP) is 5.42. The van der Waals surface area contributed by atoms with Crippen LogP contribution in [-0.4, -0.2) is 36.1 Å². The van der Waals surface area contributed by atoms with Gasteiger partial charge in [0.25, 0.3) is 5.91 Å². The van der Waals surface area contributed by atoms with E-state index >= 15 is 0 Å². The second-order valence-corrected chi connectivity index (χ2v) is 9.07. The molecule has 1 aromatic carbocycles. The molecule has 1 amide bonds. The molecule has 0 spiro atoms. The number of esters is 1. The smallest absolute Gasteiger partial charge is 0.433 e. The summed E-state index contributed by atoms with van der Waals surface area (Å²) in [6.45, 7) is 0. The van der Waals surface area contributed by atoms with Crippen molar-refractivity contribution in [3.63, 3.8) is 0 Å². The van der Waals surface area contributed by atoms with Gasteiger partial charge in [-0.15, -0.1) is 11.3 Å². The number of hydrogen-bond donors (Lipinski definition) is 1. The lowest BCUT2D eigenvalue weighted by Gasteiger charge is -2.25. The topological polar surface area (TPSA) is 90.4 Å². The number of thiazole rings is 1. The normalized spacial score (nSPS) is 18.5. The number of rotatable bonds is 5. The molecule has 3 aromatic rings. The molecule has 4 rings (SSSR count). The summed E-state index contributed by atoms with van der Waals surface area (Å²) in [6.07, 6.45) is -1.53. The highest BCUT2D eigenvalue weighted by Gasteiger charge is 2.33. The number of benzene rings is 1. The highest BCUT2D eigenvalue weighted by Crippen LogP contribution is 2.41. The number of nitrogens with one attached hydrogen (secondary N) is 1. The highest BCUT2D eigenvalue weighted by atomic mass is 32.1. The van der Waals surface area contributed by atoms with Crippen molar-refractivity contribution < 1.29 is 32.2 Å². The Labute approximate surface area is 197 Å². The average molecular weight is 494 g/mol. The molecule has 180 valence electrons. The minimum absolute atomic E-state index is 0.0815. The lowest BCUT2D eigenvalue weighted by Crippen LogP contribution is -2.22. The molecule has 2 aromatic heterocycles. The van der Waals surface area contributed by atoms with E-state index in [4.69, 9.17) is 14.5 Å². The minimum Gasteiger partial charge on any atom is -0.494 e. The number of anilines is 1. The van der Waals surface area contributed by atoms with Gasteiger partial charge in [0.1, 0.15) is 17.1 Å². The van der Waals surface area contributed by atoms with E-state index in [1.807, 2.05) is 0 Å². The fourth-order valence-electron chi connectivity index (χ4n) is 4.06. The number of amides is 1. The van der Waals surface area contributed by atoms with Crippen molar-refractivity contribution in [2.45, 2.75) is 37.8 Å². The molecule has 0 bridgehead atoms. The van der Waals surface area contributed by atoms with Gasteiger partial charge in [0.2, 0.25) is 0 Å². The zero-order valence-corrected chi connectivity index (χ0v) is 19.3. The van der Waals surface area contributed by atoms with E-state index < -0.39 is 17.8 Å². The molecule has 0 atom stereocenters. The number of ether oxygens (including phenoxy) is 2. The van der Waals surface area contributed by atoms with E-state index in [9.17, 15) is 22.8 Å². The molecule has 0 unspecified atom stereocenters. The van der Waals surface area contributed by atoms with Crippen molar-refractivity contribution in [1.82, 2.24) is 9.97 Å². The summed E-state index contributed by atoms with van der Waals surface area (Å²) in [4.78, 5) is 32.5. The number of alkyl halides is 3. The standard InChI is InChI=1S/C23H22F3N3O4S/c1-32-17-10-16-18(34-21(29-16)12-6-8-13(9-7-12)22(31)33-2)11-15(17)28-20(30)14-4-3-5-19(27-14)23(24,25)26/h3-5,10-13H,6-9H2,1-2H3,(H,28,30). The zero-order valence-electron chi connectivity index (χ0n) is 18.4. The monoisotopic (exact) mass is 493 g/mol. The third-order valence-electron chi connectivity index (χ3n) is 5.86. The van der Waals surface area contributed by atoms with Crippen LogP contribution in [0.3, 0.4) is 0 Å². The lowest BCUT2D eigenvalue weighted by molar-refractivity contribution is -0.146. The third-order valence-corrected chi connectivity index (χ3v) is 7.04. The van der Waals surface area contributed by atoms with Crippen molar-refractivity contribution in [3.8, 4) is 5.75 Å². The van der Waals surface area contributed by atoms with Gasteiger partial charge in [0, 0.05) is 12.0 Å². The molecule has 1 aliphatic rings. The minimum atomic E-state index is -4.65. The molecule has 7 nitrogen and oxygen atoms in total. The maximum Gasteiger partial charge on any atom is 0.433 e. The summed E-state index contributed by atoms with van der Waals surface area (Å²) in [5.41, 5.74) is -0.494. The van der Waals surface area contributed by atoms with Crippen LogP contribution in [0.5, 0.6) is 5.75 Å². The Morgan fingerprint density at radius 2 is 1.82 bits per heavy atom. The van der Waals surface area contributed by atoms with Crippen LogP contribution in [0.15, 0.2) is 30.3 Å². The van der Waals surface area contributed by atoms with E-state index in [0.717, 1.165) is 47.5 Å². The van der Waals surface area contributed by atoms with E-state index in [1.54, 1.807) is 12.1 Å². The summed E-state index contributed by atoms with van der Waals surface area (Å²) in [6, 6.07) is 6.53. The summed E-state index contributed by atoms with van der Waals surface area (Å²) in [5.74, 6) is -0.490. The van der Waals surface area contributed by atoms with Crippen LogP contribution < -0.4 is 10.1 Å². The number of carbonyl (C=O) groups excluding carboxylic acids is 2. The number of carbonyl (C=O) groups is 2. The fourth-order valence-corrected chi connectivity index (χ4v) is 5.22. The summed E-state index contributed by atoms with van der Waals surface area (Å²) in [7, 11) is 2.83. The molecule has 0 aliphatic heterocycles. The Morgan fingerprint density at radius 1 is 1.09 bits per heavy atom. The maximum absolute atomic E-state index is 12.9. The molecule has 1 saturated carbocycles. The number of halogens is 3. The van der Waals surface area contributed by atoms with Crippen LogP contribution >= 0.6 is 11.3 Å². The van der Waals surface area contributed by atoms with Gasteiger partial charge < -0.3 is 14.8 Å². The molecule has 0 saturated heterocycles. The Bertz CT molecular complexity index is 1220. The van der Waals surface area contributed by atoms with Crippen LogP contribution in [-0.2, 0) is 15.7 Å². The number of fused-ring (bicyclic) bond motifs is 1. The lowest BCUT2D eigenvalue weighted by atomic mass is 9.82. The summed E-state index contributed by atoms with van der Waals surface area (Å²) in [5, 5.41) is 3.53. The first-order chi connectivity index (χ1) is 16.2. The molecule has 1 fully saturated rings. The molecular formula is C23H22F3N3O4S. The van der Waals surface area contributed by atoms with Crippen LogP contribution in [0.1, 0.15) is 52.8 Å². The van der Waals surface area contributed by atoms with Gasteiger partial charge in [-0.25, -0.2) is 9.97 Å². The summed E-state index contributed by atoms with van der Waals surface area (Å²) >= 11 is 1.48. The number of hydrogen-bond acceptors (Lipinski definition) is 7. The number of methoxy groups -OCH3 is 2. The Hall–Kier alpha value is -3.21. The average Bonchev–Trinajstić information content (AvgIpc) is 3.25. The molecule has 1 N–H and O–H groups in total. The number of nitrogens with zero attached hydrogens (tertiary/aromatic N) is 2. The SMILES string of the molecule is COC(=O)C1CCC(c2nc3cc(OC)c(NC(=O)c4cccc(C(F)(F)F)n4)cc3s2)CC1. The van der Waals surface area contributed by atoms with Crippen LogP contribution in [0.4, 0.5) is 18.9 Å². The van der Waals surface area contributed by atoms with Crippen molar-refractivity contribution in [2.75, 3.05) is 19.5 Å².